The quantitative estimate of drug-likeness (QED) is 0.332. The lowest BCUT2D eigenvalue weighted by Gasteiger charge is -2.20. The van der Waals surface area contributed by atoms with Gasteiger partial charge in [0.05, 0.1) is 0 Å². The van der Waals surface area contributed by atoms with Crippen LogP contribution in [0.5, 0.6) is 0 Å². The zero-order valence-corrected chi connectivity index (χ0v) is 17.5. The molecule has 3 rings (SSSR count). The summed E-state index contributed by atoms with van der Waals surface area (Å²) in [6, 6.07) is 5.22. The van der Waals surface area contributed by atoms with Crippen molar-refractivity contribution in [2.24, 2.45) is 0 Å². The van der Waals surface area contributed by atoms with Crippen LogP contribution in [0.3, 0.4) is 0 Å². The average molecular weight is 446 g/mol. The molecular formula is C20H22N4O6S. The van der Waals surface area contributed by atoms with E-state index in [4.69, 9.17) is 0 Å². The Morgan fingerprint density at radius 1 is 1.16 bits per heavy atom. The monoisotopic (exact) mass is 446 g/mol. The molecule has 0 saturated carbocycles. The maximum absolute atomic E-state index is 12.3. The van der Waals surface area contributed by atoms with Gasteiger partial charge in [0, 0.05) is 24.3 Å². The number of carbonyl (C=O) groups excluding carboxylic acids is 2. The molecule has 0 radical (unpaired) electrons. The highest BCUT2D eigenvalue weighted by Gasteiger charge is 2.27. The summed E-state index contributed by atoms with van der Waals surface area (Å²) in [5, 5.41) is 20.2. The topological polar surface area (TPSA) is 154 Å². The highest BCUT2D eigenvalue weighted by atomic mass is 32.2. The standard InChI is InChI=1S/C20H22N4O6S/c1-2-7-21-14-15(17(26)16(14)25)22-12(19(28)29)8-10-3-5-11(6-4-10)18(27)23-13-9-31-20(30)24-13/h3-6,12-13,21-22H,2,7-9H2,1H3,(H,23,27)(H,24,30)(H,28,29)/t12-,13+/m0/s1. The van der Waals surface area contributed by atoms with Gasteiger partial charge in [0.2, 0.25) is 0 Å². The van der Waals surface area contributed by atoms with Crippen LogP contribution in [-0.4, -0.2) is 46.7 Å². The summed E-state index contributed by atoms with van der Waals surface area (Å²) in [5.41, 5.74) is -0.312. The summed E-state index contributed by atoms with van der Waals surface area (Å²) in [7, 11) is 0. The van der Waals surface area contributed by atoms with E-state index >= 15 is 0 Å². The molecule has 164 valence electrons. The summed E-state index contributed by atoms with van der Waals surface area (Å²) in [4.78, 5) is 58.7. The Labute approximate surface area is 181 Å². The number of benzene rings is 1. The molecule has 2 aromatic carbocycles. The van der Waals surface area contributed by atoms with Crippen LogP contribution in [-0.2, 0) is 11.2 Å². The van der Waals surface area contributed by atoms with Gasteiger partial charge in [0.15, 0.2) is 0 Å². The second kappa shape index (κ2) is 9.65. The fourth-order valence-corrected chi connectivity index (χ4v) is 3.76. The normalized spacial score (nSPS) is 16.5. The van der Waals surface area contributed by atoms with E-state index in [9.17, 15) is 29.1 Å². The maximum atomic E-state index is 12.3. The third-order valence-electron chi connectivity index (χ3n) is 4.71. The molecule has 0 aliphatic carbocycles. The molecule has 5 N–H and O–H groups in total. The molecule has 1 saturated heterocycles. The number of hydrogen-bond acceptors (Lipinski definition) is 8. The van der Waals surface area contributed by atoms with Gasteiger partial charge in [-0.2, -0.15) is 0 Å². The number of nitrogens with one attached hydrogen (secondary N) is 4. The number of hydrogen-bond donors (Lipinski definition) is 5. The van der Waals surface area contributed by atoms with E-state index in [2.05, 4.69) is 21.3 Å². The second-order valence-electron chi connectivity index (χ2n) is 7.04. The van der Waals surface area contributed by atoms with Crippen molar-refractivity contribution in [3.8, 4) is 0 Å². The van der Waals surface area contributed by atoms with Gasteiger partial charge >= 0.3 is 5.97 Å². The fourth-order valence-electron chi connectivity index (χ4n) is 3.05. The first-order valence-electron chi connectivity index (χ1n) is 9.69. The highest BCUT2D eigenvalue weighted by Crippen LogP contribution is 2.18. The molecule has 1 aliphatic rings. The Hall–Kier alpha value is -3.34. The Morgan fingerprint density at radius 2 is 1.84 bits per heavy atom. The minimum Gasteiger partial charge on any atom is -0.480 e. The molecule has 2 amide bonds. The number of carbonyl (C=O) groups is 3. The fraction of sp³-hybridized carbons (Fsp3) is 0.350. The van der Waals surface area contributed by atoms with Crippen molar-refractivity contribution in [3.05, 3.63) is 55.8 Å². The summed E-state index contributed by atoms with van der Waals surface area (Å²) in [6.45, 7) is 2.39. The van der Waals surface area contributed by atoms with Gasteiger partial charge in [-0.25, -0.2) is 4.79 Å². The van der Waals surface area contributed by atoms with Crippen molar-refractivity contribution in [1.82, 2.24) is 10.6 Å². The van der Waals surface area contributed by atoms with Gasteiger partial charge in [-0.3, -0.25) is 19.2 Å². The van der Waals surface area contributed by atoms with E-state index < -0.39 is 29.0 Å². The van der Waals surface area contributed by atoms with Crippen LogP contribution in [0, 0.1) is 0 Å². The molecule has 11 heteroatoms. The van der Waals surface area contributed by atoms with Crippen molar-refractivity contribution in [2.75, 3.05) is 22.9 Å². The van der Waals surface area contributed by atoms with Crippen molar-refractivity contribution in [1.29, 1.82) is 0 Å². The second-order valence-corrected chi connectivity index (χ2v) is 8.03. The molecule has 2 aromatic rings. The minimum atomic E-state index is -1.18. The van der Waals surface area contributed by atoms with Crippen molar-refractivity contribution in [2.45, 2.75) is 32.0 Å². The van der Waals surface area contributed by atoms with Crippen LogP contribution in [0.4, 0.5) is 16.2 Å². The average Bonchev–Trinajstić information content (AvgIpc) is 3.16. The van der Waals surface area contributed by atoms with Gasteiger partial charge in [0.1, 0.15) is 23.6 Å². The largest absolute Gasteiger partial charge is 0.480 e. The van der Waals surface area contributed by atoms with E-state index in [0.717, 1.165) is 18.2 Å². The molecule has 10 nitrogen and oxygen atoms in total. The third-order valence-corrected chi connectivity index (χ3v) is 5.59. The number of carboxylic acids is 1. The van der Waals surface area contributed by atoms with Crippen LogP contribution in [0.1, 0.15) is 29.3 Å². The van der Waals surface area contributed by atoms with Crippen molar-refractivity contribution < 1.29 is 19.5 Å². The van der Waals surface area contributed by atoms with E-state index in [-0.39, 0.29) is 28.9 Å². The zero-order chi connectivity index (χ0) is 22.5. The van der Waals surface area contributed by atoms with E-state index in [0.29, 0.717) is 23.4 Å². The molecular weight excluding hydrogens is 424 g/mol. The van der Waals surface area contributed by atoms with Gasteiger partial charge in [-0.15, -0.1) is 0 Å². The predicted molar refractivity (Wildman–Crippen MR) is 118 cm³/mol. The number of aliphatic carboxylic acids is 1. The number of carboxylic acid groups (broad SMARTS) is 1. The third kappa shape index (κ3) is 5.23. The Morgan fingerprint density at radius 3 is 2.42 bits per heavy atom. The SMILES string of the molecule is CCCNc1c(N[C@@H](Cc2ccc(C(=O)N[C@H]3CSC(=O)N3)cc2)C(=O)O)c(=O)c1=O. The number of anilines is 2. The molecule has 0 unspecified atom stereocenters. The lowest BCUT2D eigenvalue weighted by Crippen LogP contribution is -2.43. The Kier molecular flexibility index (Phi) is 6.95. The Bertz CT molecular complexity index is 1060. The molecule has 1 heterocycles. The molecule has 0 bridgehead atoms. The van der Waals surface area contributed by atoms with Crippen LogP contribution in [0.25, 0.3) is 0 Å². The van der Waals surface area contributed by atoms with Gasteiger partial charge in [0.25, 0.3) is 22.0 Å². The molecule has 0 aromatic heterocycles. The first kappa shape index (κ1) is 22.3. The molecule has 1 aliphatic heterocycles. The molecule has 31 heavy (non-hydrogen) atoms. The van der Waals surface area contributed by atoms with E-state index in [1.165, 1.54) is 0 Å². The molecule has 1 fully saturated rings. The van der Waals surface area contributed by atoms with Crippen LogP contribution < -0.4 is 32.1 Å². The van der Waals surface area contributed by atoms with Crippen LogP contribution in [0.15, 0.2) is 33.9 Å². The smallest absolute Gasteiger partial charge is 0.326 e. The minimum absolute atomic E-state index is 0.0154. The van der Waals surface area contributed by atoms with Crippen LogP contribution >= 0.6 is 11.8 Å². The highest BCUT2D eigenvalue weighted by molar-refractivity contribution is 8.13. The molecule has 2 atom stereocenters. The lowest BCUT2D eigenvalue weighted by atomic mass is 10.0. The van der Waals surface area contributed by atoms with Gasteiger partial charge < -0.3 is 26.4 Å². The number of amides is 2. The summed E-state index contributed by atoms with van der Waals surface area (Å²) >= 11 is 1.09. The first-order valence-corrected chi connectivity index (χ1v) is 10.7. The van der Waals surface area contributed by atoms with Crippen LogP contribution in [0.2, 0.25) is 0 Å². The lowest BCUT2D eigenvalue weighted by molar-refractivity contribution is -0.137. The number of rotatable bonds is 10. The number of thioether (sulfide) groups is 1. The summed E-state index contributed by atoms with van der Waals surface area (Å²) in [5.74, 6) is -1.09. The zero-order valence-electron chi connectivity index (χ0n) is 16.7. The summed E-state index contributed by atoms with van der Waals surface area (Å²) < 4.78 is 0. The molecule has 0 spiro atoms. The van der Waals surface area contributed by atoms with Gasteiger partial charge in [-0.1, -0.05) is 30.8 Å². The van der Waals surface area contributed by atoms with Crippen molar-refractivity contribution in [3.63, 3.8) is 0 Å². The summed E-state index contributed by atoms with van der Waals surface area (Å²) in [6.07, 6.45) is 0.349. The van der Waals surface area contributed by atoms with E-state index in [1.807, 2.05) is 6.92 Å². The van der Waals surface area contributed by atoms with E-state index in [1.54, 1.807) is 24.3 Å². The Balaban J connectivity index is 1.64. The first-order chi connectivity index (χ1) is 14.8. The van der Waals surface area contributed by atoms with Crippen molar-refractivity contribution >= 4 is 40.3 Å². The predicted octanol–water partition coefficient (Wildman–Crippen LogP) is 0.725. The maximum Gasteiger partial charge on any atom is 0.326 e. The van der Waals surface area contributed by atoms with Gasteiger partial charge in [-0.05, 0) is 24.1 Å².